The molecule has 2 aliphatic heterocycles. The van der Waals surface area contributed by atoms with E-state index in [1.54, 1.807) is 55.6 Å². The van der Waals surface area contributed by atoms with Crippen LogP contribution in [0.15, 0.2) is 24.3 Å². The second kappa shape index (κ2) is 25.9. The lowest BCUT2D eigenvalue weighted by Gasteiger charge is -2.38. The number of rotatable bonds is 23. The third-order valence-electron chi connectivity index (χ3n) is 11.0. The first-order chi connectivity index (χ1) is 32.7. The molecule has 2 fully saturated rings. The molecule has 0 bridgehead atoms. The topological polar surface area (TPSA) is 349 Å². The smallest absolute Gasteiger partial charge is 0.410 e. The van der Waals surface area contributed by atoms with E-state index in [-0.39, 0.29) is 49.4 Å². The minimum Gasteiger partial charge on any atom is -0.479 e. The van der Waals surface area contributed by atoms with Crippen LogP contribution in [0.25, 0.3) is 0 Å². The van der Waals surface area contributed by atoms with Gasteiger partial charge in [0.25, 0.3) is 0 Å². The molecule has 0 aliphatic carbocycles. The summed E-state index contributed by atoms with van der Waals surface area (Å²) in [7, 11) is 4.53. The van der Waals surface area contributed by atoms with Gasteiger partial charge in [0.1, 0.15) is 55.6 Å². The van der Waals surface area contributed by atoms with Crippen LogP contribution in [0, 0.1) is 17.8 Å². The molecule has 9 amide bonds. The minimum absolute atomic E-state index is 0.145. The highest BCUT2D eigenvalue weighted by Crippen LogP contribution is 2.23. The van der Waals surface area contributed by atoms with E-state index in [0.29, 0.717) is 10.5 Å². The van der Waals surface area contributed by atoms with E-state index < -0.39 is 134 Å². The van der Waals surface area contributed by atoms with Crippen molar-refractivity contribution in [3.63, 3.8) is 0 Å². The third-order valence-corrected chi connectivity index (χ3v) is 11.0. The van der Waals surface area contributed by atoms with E-state index in [9.17, 15) is 68.4 Å². The Bertz CT molecular complexity index is 2070. The van der Waals surface area contributed by atoms with Gasteiger partial charge in [-0.1, -0.05) is 53.7 Å². The zero-order valence-electron chi connectivity index (χ0n) is 41.0. The lowest BCUT2D eigenvalue weighted by atomic mass is 9.99. The number of hydrogen-bond acceptors (Lipinski definition) is 16. The third kappa shape index (κ3) is 16.2. The minimum atomic E-state index is -2.05. The summed E-state index contributed by atoms with van der Waals surface area (Å²) < 4.78 is 23.7. The predicted octanol–water partition coefficient (Wildman–Crippen LogP) is -2.36. The highest BCUT2D eigenvalue weighted by molar-refractivity contribution is 6.04. The van der Waals surface area contributed by atoms with Crippen molar-refractivity contribution in [2.45, 2.75) is 122 Å². The van der Waals surface area contributed by atoms with Crippen molar-refractivity contribution in [1.82, 2.24) is 36.0 Å². The molecule has 1 aromatic carbocycles. The van der Waals surface area contributed by atoms with Crippen molar-refractivity contribution in [2.75, 3.05) is 46.2 Å². The predicted molar refractivity (Wildman–Crippen MR) is 240 cm³/mol. The number of nitrogens with zero attached hydrogens (tertiary/aromatic N) is 3. The summed E-state index contributed by atoms with van der Waals surface area (Å²) in [6.07, 6.45) is -12.9. The number of imide groups is 1. The van der Waals surface area contributed by atoms with Crippen LogP contribution in [0.4, 0.5) is 10.5 Å². The number of carboxylic acid groups (broad SMARTS) is 1. The van der Waals surface area contributed by atoms with Crippen LogP contribution < -0.4 is 26.6 Å². The van der Waals surface area contributed by atoms with E-state index in [4.69, 9.17) is 15.6 Å². The number of nitrogens with one attached hydrogen (secondary N) is 5. The van der Waals surface area contributed by atoms with Crippen LogP contribution in [0.1, 0.15) is 67.7 Å². The molecule has 25 nitrogen and oxygen atoms in total. The summed E-state index contributed by atoms with van der Waals surface area (Å²) in [6, 6.07) is 1.03. The lowest BCUT2D eigenvalue weighted by molar-refractivity contribution is -0.294. The molecule has 10 atom stereocenters. The molecule has 25 heteroatoms. The van der Waals surface area contributed by atoms with Gasteiger partial charge in [0.05, 0.1) is 6.61 Å². The molecule has 0 saturated carbocycles. The number of likely N-dealkylation sites (N-methyl/N-ethyl adjacent to an activating group) is 2. The number of ether oxygens (including phenoxy) is 3. The van der Waals surface area contributed by atoms with Gasteiger partial charge in [-0.3, -0.25) is 48.2 Å². The maximum atomic E-state index is 13.8. The molecule has 0 radical (unpaired) electrons. The Morgan fingerprint density at radius 2 is 1.42 bits per heavy atom. The number of carbonyl (C=O) groups excluding carboxylic acids is 9. The second-order valence-corrected chi connectivity index (χ2v) is 17.7. The van der Waals surface area contributed by atoms with E-state index in [1.165, 1.54) is 36.2 Å². The molecular formula is C44H66N8O17. The summed E-state index contributed by atoms with van der Waals surface area (Å²) in [5, 5.41) is 53.0. The summed E-state index contributed by atoms with van der Waals surface area (Å²) in [5.41, 5.74) is 0.591. The van der Waals surface area contributed by atoms with Gasteiger partial charge in [-0.25, -0.2) is 9.59 Å². The zero-order chi connectivity index (χ0) is 52.9. The maximum absolute atomic E-state index is 13.8. The molecule has 2 saturated heterocycles. The van der Waals surface area contributed by atoms with E-state index >= 15 is 0 Å². The fourth-order valence-electron chi connectivity index (χ4n) is 7.04. The van der Waals surface area contributed by atoms with Crippen molar-refractivity contribution in [3.8, 4) is 0 Å². The van der Waals surface area contributed by atoms with E-state index in [2.05, 4.69) is 26.6 Å². The van der Waals surface area contributed by atoms with Crippen molar-refractivity contribution >= 4 is 65.0 Å². The monoisotopic (exact) mass is 980 g/mol. The van der Waals surface area contributed by atoms with Crippen LogP contribution in [0.3, 0.4) is 0 Å². The fraction of sp³-hybridized carbons (Fsp3) is 0.636. The van der Waals surface area contributed by atoms with Crippen LogP contribution in [0.5, 0.6) is 0 Å². The van der Waals surface area contributed by atoms with Crippen LogP contribution in [0.2, 0.25) is 0 Å². The van der Waals surface area contributed by atoms with Crippen molar-refractivity contribution < 1.29 is 84.0 Å². The zero-order valence-corrected chi connectivity index (χ0v) is 40.0. The number of anilines is 1. The molecule has 0 spiro atoms. The van der Waals surface area contributed by atoms with Gasteiger partial charge in [-0.05, 0) is 35.4 Å². The average molecular weight is 981 g/mol. The molecule has 3 rings (SSSR count). The van der Waals surface area contributed by atoms with Crippen molar-refractivity contribution in [3.05, 3.63) is 29.8 Å². The molecule has 1 aromatic rings. The quantitative estimate of drug-likeness (QED) is 0.0518. The number of carbonyl (C=O) groups is 10. The number of aliphatic hydroxyl groups excluding tert-OH is 3. The average Bonchev–Trinajstić information content (AvgIpc) is 3.52. The Morgan fingerprint density at radius 3 is 1.96 bits per heavy atom. The van der Waals surface area contributed by atoms with Gasteiger partial charge in [0, 0.05) is 54.0 Å². The van der Waals surface area contributed by atoms with E-state index in [0.717, 1.165) is 4.90 Å². The Hall–Kier alpha value is -6.28. The standard InChI is InChI=1S/C44H66N8O17/c1-21(2)31(48-27(53)16-17-45-28(54)18-52-29(55)14-15-30(52)56)39(61)47-26(20-67-43-36(59)34(57)35(58)37(69-43)42(64)65)38(60)46-25-12-10-24(11-13-25)19-68-44(66)51(9)33(23(5)6)40(62)49-32(22(3)4)41(63)50(7)8/h10-13,21-23,26,31-37,43,57-59H,14-20H2,1-9H3,(H,45,54)(H,46,60)(H,47,61)(H,48,53)(H,49,62)(H,64,65)/t26-,31-,32-,33-,34-,35-,36+,37-,43+/m0/s1/i14T/t14?,26-,31-,32-,33-,34-,35-,36+,37-,43+. The first-order valence-electron chi connectivity index (χ1n) is 22.7. The highest BCUT2D eigenvalue weighted by Gasteiger charge is 2.48. The molecule has 384 valence electrons. The van der Waals surface area contributed by atoms with Crippen LogP contribution >= 0.6 is 0 Å². The summed E-state index contributed by atoms with van der Waals surface area (Å²) in [6.45, 7) is 8.16. The van der Waals surface area contributed by atoms with Gasteiger partial charge >= 0.3 is 12.1 Å². The highest BCUT2D eigenvalue weighted by atomic mass is 16.7. The van der Waals surface area contributed by atoms with Gasteiger partial charge in [0.2, 0.25) is 47.3 Å². The summed E-state index contributed by atoms with van der Waals surface area (Å²) in [4.78, 5) is 131. The second-order valence-electron chi connectivity index (χ2n) is 17.7. The lowest BCUT2D eigenvalue weighted by Crippen LogP contribution is -2.61. The molecule has 69 heavy (non-hydrogen) atoms. The molecule has 1 unspecified atom stereocenters. The molecular weight excluding hydrogens is 913 g/mol. The SMILES string of the molecule is [3H]C1CC(=O)N(CC(=O)NCCC(=O)N[C@H](C(=O)N[C@@H](CO[C@@H]2O[C@H](C(=O)O)[C@@H](O)[C@H](O)[C@H]2O)C(=O)Nc2ccc(COC(=O)N(C)[C@H](C(=O)N[C@H](C(=O)N(C)C)C(C)C)C(C)C)cc2)C(C)C)C1=O. The number of amides is 9. The first kappa shape index (κ1) is 55.3. The van der Waals surface area contributed by atoms with Gasteiger partial charge in [-0.15, -0.1) is 0 Å². The number of hydrogen-bond donors (Lipinski definition) is 9. The van der Waals surface area contributed by atoms with Crippen molar-refractivity contribution in [2.24, 2.45) is 17.8 Å². The summed E-state index contributed by atoms with van der Waals surface area (Å²) >= 11 is 0. The fourth-order valence-corrected chi connectivity index (χ4v) is 7.04. The summed E-state index contributed by atoms with van der Waals surface area (Å²) in [5.74, 6) is -8.65. The Balaban J connectivity index is 1.71. The molecule has 2 aliphatic rings. The Kier molecular flexibility index (Phi) is 20.8. The van der Waals surface area contributed by atoms with E-state index in [1.807, 2.05) is 0 Å². The van der Waals surface area contributed by atoms with Gasteiger partial charge in [0.15, 0.2) is 12.4 Å². The largest absolute Gasteiger partial charge is 0.479 e. The number of carboxylic acids is 1. The number of aliphatic carboxylic acids is 1. The number of benzene rings is 1. The molecule has 2 heterocycles. The molecule has 9 N–H and O–H groups in total. The number of likely N-dealkylation sites (tertiary alicyclic amines) is 1. The Labute approximate surface area is 400 Å². The van der Waals surface area contributed by atoms with Gasteiger partial charge in [-0.2, -0.15) is 0 Å². The van der Waals surface area contributed by atoms with Crippen LogP contribution in [-0.2, 0) is 64.0 Å². The normalized spacial score (nSPS) is 22.2. The molecule has 0 aromatic heterocycles. The Morgan fingerprint density at radius 1 is 0.797 bits per heavy atom. The first-order valence-corrected chi connectivity index (χ1v) is 22.1. The maximum Gasteiger partial charge on any atom is 0.410 e. The van der Waals surface area contributed by atoms with Crippen LogP contribution in [-0.4, -0.2) is 190 Å². The number of aliphatic hydroxyl groups is 3. The van der Waals surface area contributed by atoms with Crippen molar-refractivity contribution in [1.29, 1.82) is 0 Å². The van der Waals surface area contributed by atoms with Gasteiger partial charge < -0.3 is 66.1 Å².